The zero-order valence-electron chi connectivity index (χ0n) is 7.95. The average molecular weight is 207 g/mol. The first-order valence-electron chi connectivity index (χ1n) is 4.73. The van der Waals surface area contributed by atoms with Crippen molar-refractivity contribution in [2.45, 2.75) is 32.3 Å². The summed E-state index contributed by atoms with van der Waals surface area (Å²) in [5, 5.41) is 0. The van der Waals surface area contributed by atoms with E-state index in [0.717, 1.165) is 25.9 Å². The first-order chi connectivity index (χ1) is 6.14. The van der Waals surface area contributed by atoms with Crippen LogP contribution in [-0.4, -0.2) is 33.4 Å². The van der Waals surface area contributed by atoms with Crippen molar-refractivity contribution in [3.63, 3.8) is 0 Å². The Morgan fingerprint density at radius 3 is 2.85 bits per heavy atom. The molecule has 5 heteroatoms. The van der Waals surface area contributed by atoms with Gasteiger partial charge in [-0.2, -0.15) is 0 Å². The molecular weight excluding hydrogens is 190 g/mol. The molecule has 1 heterocycles. The smallest absolute Gasteiger partial charge is 0.211 e. The molecule has 4 nitrogen and oxygen atoms in total. The summed E-state index contributed by atoms with van der Waals surface area (Å²) in [5.74, 6) is 0.151. The van der Waals surface area contributed by atoms with Crippen molar-refractivity contribution < 1.29 is 13.2 Å². The van der Waals surface area contributed by atoms with Crippen LogP contribution in [0.2, 0.25) is 0 Å². The Morgan fingerprint density at radius 1 is 1.54 bits per heavy atom. The van der Waals surface area contributed by atoms with Crippen molar-refractivity contribution in [1.29, 1.82) is 0 Å². The van der Waals surface area contributed by atoms with E-state index in [4.69, 9.17) is 4.74 Å². The molecule has 1 unspecified atom stereocenters. The van der Waals surface area contributed by atoms with E-state index >= 15 is 0 Å². The molecule has 1 rings (SSSR count). The highest BCUT2D eigenvalue weighted by Crippen LogP contribution is 2.14. The molecule has 1 atom stereocenters. The molecule has 0 saturated carbocycles. The Morgan fingerprint density at radius 2 is 2.31 bits per heavy atom. The summed E-state index contributed by atoms with van der Waals surface area (Å²) in [6, 6.07) is 0. The zero-order chi connectivity index (χ0) is 9.73. The number of hydrogen-bond acceptors (Lipinski definition) is 3. The van der Waals surface area contributed by atoms with Gasteiger partial charge in [0.1, 0.15) is 0 Å². The van der Waals surface area contributed by atoms with E-state index in [1.165, 1.54) is 0 Å². The quantitative estimate of drug-likeness (QED) is 0.714. The van der Waals surface area contributed by atoms with Crippen LogP contribution in [0.25, 0.3) is 0 Å². The van der Waals surface area contributed by atoms with Crippen LogP contribution < -0.4 is 4.72 Å². The number of hydrogen-bond donors (Lipinski definition) is 1. The molecule has 0 aromatic heterocycles. The maximum Gasteiger partial charge on any atom is 0.211 e. The van der Waals surface area contributed by atoms with Gasteiger partial charge in [-0.3, -0.25) is 0 Å². The summed E-state index contributed by atoms with van der Waals surface area (Å²) in [4.78, 5) is 0. The Labute approximate surface area is 79.7 Å². The van der Waals surface area contributed by atoms with Crippen LogP contribution in [0.4, 0.5) is 0 Å². The fraction of sp³-hybridized carbons (Fsp3) is 1.00. The number of ether oxygens (including phenoxy) is 1. The lowest BCUT2D eigenvalue weighted by Gasteiger charge is -2.09. The summed E-state index contributed by atoms with van der Waals surface area (Å²) in [6.07, 6.45) is 3.22. The highest BCUT2D eigenvalue weighted by atomic mass is 32.2. The van der Waals surface area contributed by atoms with Crippen LogP contribution in [-0.2, 0) is 14.8 Å². The van der Waals surface area contributed by atoms with Crippen LogP contribution in [0.5, 0.6) is 0 Å². The second-order valence-corrected chi connectivity index (χ2v) is 5.32. The third kappa shape index (κ3) is 4.06. The molecule has 0 aromatic rings. The molecule has 0 spiro atoms. The van der Waals surface area contributed by atoms with Gasteiger partial charge in [0.2, 0.25) is 10.0 Å². The maximum atomic E-state index is 11.0. The maximum absolute atomic E-state index is 11.0. The third-order valence-corrected chi connectivity index (χ3v) is 3.60. The Kier molecular flexibility index (Phi) is 4.15. The predicted molar refractivity (Wildman–Crippen MR) is 51.1 cm³/mol. The fourth-order valence-electron chi connectivity index (χ4n) is 1.35. The van der Waals surface area contributed by atoms with Crippen LogP contribution in [0, 0.1) is 0 Å². The topological polar surface area (TPSA) is 55.4 Å². The minimum absolute atomic E-state index is 0.151. The molecule has 13 heavy (non-hydrogen) atoms. The normalized spacial score (nSPS) is 23.6. The lowest BCUT2D eigenvalue weighted by atomic mass is 10.2. The van der Waals surface area contributed by atoms with E-state index in [1.54, 1.807) is 6.92 Å². The van der Waals surface area contributed by atoms with Gasteiger partial charge in [-0.05, 0) is 26.2 Å². The summed E-state index contributed by atoms with van der Waals surface area (Å²) in [7, 11) is -3.02. The third-order valence-electron chi connectivity index (χ3n) is 2.19. The standard InChI is InChI=1S/C8H17NO3S/c1-2-13(10,11)9-6-5-8-4-3-7-12-8/h8-9H,2-7H2,1H3. The molecule has 1 N–H and O–H groups in total. The van der Waals surface area contributed by atoms with E-state index in [0.29, 0.717) is 6.54 Å². The van der Waals surface area contributed by atoms with Gasteiger partial charge in [0, 0.05) is 13.2 Å². The summed E-state index contributed by atoms with van der Waals surface area (Å²) in [6.45, 7) is 2.96. The molecular formula is C8H17NO3S. The Bertz CT molecular complexity index is 232. The molecule has 1 aliphatic rings. The van der Waals surface area contributed by atoms with Gasteiger partial charge in [-0.25, -0.2) is 13.1 Å². The van der Waals surface area contributed by atoms with Crippen LogP contribution >= 0.6 is 0 Å². The van der Waals surface area contributed by atoms with Crippen molar-refractivity contribution in [3.8, 4) is 0 Å². The van der Waals surface area contributed by atoms with E-state index < -0.39 is 10.0 Å². The zero-order valence-corrected chi connectivity index (χ0v) is 8.77. The average Bonchev–Trinajstić information content (AvgIpc) is 2.57. The van der Waals surface area contributed by atoms with Crippen LogP contribution in [0.3, 0.4) is 0 Å². The highest BCUT2D eigenvalue weighted by molar-refractivity contribution is 7.89. The fourth-order valence-corrected chi connectivity index (χ4v) is 1.98. The van der Waals surface area contributed by atoms with Gasteiger partial charge in [-0.1, -0.05) is 0 Å². The SMILES string of the molecule is CCS(=O)(=O)NCCC1CCCO1. The number of nitrogens with one attached hydrogen (secondary N) is 1. The molecule has 0 bridgehead atoms. The van der Waals surface area contributed by atoms with Gasteiger partial charge in [0.05, 0.1) is 11.9 Å². The lowest BCUT2D eigenvalue weighted by molar-refractivity contribution is 0.105. The van der Waals surface area contributed by atoms with Gasteiger partial charge >= 0.3 is 0 Å². The van der Waals surface area contributed by atoms with Gasteiger partial charge in [-0.15, -0.1) is 0 Å². The molecule has 0 radical (unpaired) electrons. The second kappa shape index (κ2) is 4.93. The van der Waals surface area contributed by atoms with Crippen molar-refractivity contribution in [2.75, 3.05) is 18.9 Å². The first kappa shape index (κ1) is 10.9. The Hall–Kier alpha value is -0.130. The summed E-state index contributed by atoms with van der Waals surface area (Å²) < 4.78 is 29.9. The van der Waals surface area contributed by atoms with E-state index in [9.17, 15) is 8.42 Å². The molecule has 1 saturated heterocycles. The summed E-state index contributed by atoms with van der Waals surface area (Å²) >= 11 is 0. The minimum atomic E-state index is -3.02. The van der Waals surface area contributed by atoms with Gasteiger partial charge in [0.25, 0.3) is 0 Å². The minimum Gasteiger partial charge on any atom is -0.378 e. The Balaban J connectivity index is 2.13. The van der Waals surface area contributed by atoms with Crippen LogP contribution in [0.1, 0.15) is 26.2 Å². The number of sulfonamides is 1. The van der Waals surface area contributed by atoms with Crippen LogP contribution in [0.15, 0.2) is 0 Å². The van der Waals surface area contributed by atoms with E-state index in [2.05, 4.69) is 4.72 Å². The van der Waals surface area contributed by atoms with Crippen molar-refractivity contribution in [1.82, 2.24) is 4.72 Å². The monoisotopic (exact) mass is 207 g/mol. The molecule has 78 valence electrons. The van der Waals surface area contributed by atoms with E-state index in [1.807, 2.05) is 0 Å². The molecule has 0 aliphatic carbocycles. The molecule has 1 aliphatic heterocycles. The summed E-state index contributed by atoms with van der Waals surface area (Å²) in [5.41, 5.74) is 0. The molecule has 0 amide bonds. The molecule has 1 fully saturated rings. The first-order valence-corrected chi connectivity index (χ1v) is 6.38. The second-order valence-electron chi connectivity index (χ2n) is 3.22. The highest BCUT2D eigenvalue weighted by Gasteiger charge is 2.15. The van der Waals surface area contributed by atoms with Gasteiger partial charge in [0.15, 0.2) is 0 Å². The largest absolute Gasteiger partial charge is 0.378 e. The predicted octanol–water partition coefficient (Wildman–Crippen LogP) is 0.495. The lowest BCUT2D eigenvalue weighted by Crippen LogP contribution is -2.28. The van der Waals surface area contributed by atoms with Crippen molar-refractivity contribution in [2.24, 2.45) is 0 Å². The molecule has 0 aromatic carbocycles. The van der Waals surface area contributed by atoms with Gasteiger partial charge < -0.3 is 4.74 Å². The number of rotatable bonds is 5. The van der Waals surface area contributed by atoms with E-state index in [-0.39, 0.29) is 11.9 Å². The van der Waals surface area contributed by atoms with Crippen molar-refractivity contribution in [3.05, 3.63) is 0 Å². The van der Waals surface area contributed by atoms with Crippen molar-refractivity contribution >= 4 is 10.0 Å².